The van der Waals surface area contributed by atoms with Gasteiger partial charge in [0.25, 0.3) is 0 Å². The maximum Gasteiger partial charge on any atom is 0.338 e. The van der Waals surface area contributed by atoms with Crippen LogP contribution in [0.1, 0.15) is 37.0 Å². The number of aliphatic hydroxyl groups excluding tert-OH is 3. The first-order chi connectivity index (χ1) is 21.4. The number of fused-ring (bicyclic) bond motifs is 2. The fraction of sp³-hybridized carbons (Fsp3) is 0.758. The van der Waals surface area contributed by atoms with Gasteiger partial charge in [-0.05, 0) is 31.0 Å². The Labute approximate surface area is 262 Å². The molecule has 5 aliphatic carbocycles. The third-order valence-electron chi connectivity index (χ3n) is 12.9. The number of hydrogen-bond acceptors (Lipinski definition) is 12. The highest BCUT2D eigenvalue weighted by molar-refractivity contribution is 5.89. The molecule has 0 radical (unpaired) electrons. The van der Waals surface area contributed by atoms with Gasteiger partial charge in [0.15, 0.2) is 5.60 Å². The smallest absolute Gasteiger partial charge is 0.338 e. The summed E-state index contributed by atoms with van der Waals surface area (Å²) in [5.41, 5.74) is -5.23. The first kappa shape index (κ1) is 31.4. The summed E-state index contributed by atoms with van der Waals surface area (Å²) in [5.74, 6) is -4.14. The molecule has 0 unspecified atom stereocenters. The van der Waals surface area contributed by atoms with Gasteiger partial charge in [0.05, 0.1) is 30.5 Å². The van der Waals surface area contributed by atoms with Gasteiger partial charge in [0.1, 0.15) is 23.9 Å². The highest BCUT2D eigenvalue weighted by atomic mass is 16.6. The summed E-state index contributed by atoms with van der Waals surface area (Å²) in [4.78, 5) is 29.0. The Morgan fingerprint density at radius 3 is 2.31 bits per heavy atom. The van der Waals surface area contributed by atoms with Gasteiger partial charge in [-0.15, -0.1) is 0 Å². The number of nitrogens with zero attached hydrogens (tertiary/aromatic N) is 1. The number of likely N-dealkylation sites (tertiary alicyclic amines) is 1. The van der Waals surface area contributed by atoms with E-state index in [4.69, 9.17) is 23.7 Å². The zero-order valence-corrected chi connectivity index (χ0v) is 26.4. The lowest BCUT2D eigenvalue weighted by atomic mass is 9.42. The molecule has 6 aliphatic rings. The van der Waals surface area contributed by atoms with Gasteiger partial charge < -0.3 is 44.1 Å². The van der Waals surface area contributed by atoms with E-state index in [-0.39, 0.29) is 25.0 Å². The molecule has 1 aromatic rings. The van der Waals surface area contributed by atoms with Crippen LogP contribution in [-0.4, -0.2) is 132 Å². The fourth-order valence-corrected chi connectivity index (χ4v) is 12.0. The molecule has 12 heteroatoms. The number of benzene rings is 1. The van der Waals surface area contributed by atoms with Crippen LogP contribution in [0.25, 0.3) is 0 Å². The number of piperidine rings is 1. The Kier molecular flexibility index (Phi) is 7.28. The van der Waals surface area contributed by atoms with Crippen molar-refractivity contribution in [3.05, 3.63) is 35.9 Å². The lowest BCUT2D eigenvalue weighted by Crippen LogP contribution is -2.81. The molecular formula is C33H45NO11. The predicted octanol–water partition coefficient (Wildman–Crippen LogP) is -0.00600. The zero-order chi connectivity index (χ0) is 32.3. The lowest BCUT2D eigenvalue weighted by Gasteiger charge is -2.69. The van der Waals surface area contributed by atoms with E-state index in [0.717, 1.165) is 0 Å². The maximum atomic E-state index is 13.7. The monoisotopic (exact) mass is 631 g/mol. The molecule has 45 heavy (non-hydrogen) atoms. The van der Waals surface area contributed by atoms with E-state index in [2.05, 4.69) is 4.90 Å². The third-order valence-corrected chi connectivity index (χ3v) is 12.9. The quantitative estimate of drug-likeness (QED) is 0.284. The summed E-state index contributed by atoms with van der Waals surface area (Å²) in [6.07, 6.45) is -6.72. The Morgan fingerprint density at radius 2 is 1.71 bits per heavy atom. The number of rotatable bonds is 8. The average Bonchev–Trinajstić information content (AvgIpc) is 3.39. The second-order valence-corrected chi connectivity index (χ2v) is 14.2. The molecule has 15 atom stereocenters. The van der Waals surface area contributed by atoms with Gasteiger partial charge in [0.2, 0.25) is 0 Å². The zero-order valence-electron chi connectivity index (χ0n) is 26.4. The van der Waals surface area contributed by atoms with Crippen molar-refractivity contribution in [2.24, 2.45) is 34.5 Å². The number of carbonyl (C=O) groups is 2. The molecule has 1 saturated heterocycles. The second-order valence-electron chi connectivity index (χ2n) is 14.2. The molecule has 12 nitrogen and oxygen atoms in total. The molecule has 0 aromatic heterocycles. The number of methoxy groups -OCH3 is 3. The van der Waals surface area contributed by atoms with E-state index in [1.807, 2.05) is 6.92 Å². The van der Waals surface area contributed by atoms with Crippen LogP contribution in [0.2, 0.25) is 0 Å². The largest absolute Gasteiger partial charge is 0.455 e. The summed E-state index contributed by atoms with van der Waals surface area (Å²) in [7, 11) is 4.51. The normalized spacial score (nSPS) is 50.7. The standard InChI is InChI=1S/C33H45NO11/c1-6-34-14-30(15-41-3)19(36)12-20(37)32-18-13-31(40)27(44-29(39)17-10-8-7-9-11-17)21(18)33(45-16(2)35,26(38)28(31)43-5)22(25(32)34)23(42-4)24(30)32/h7-11,18-28,36-38,40H,6,12-15H2,1-5H3/t18-,19-,20+,21-,22+,23+,24-,25-,26+,27-,28+,30+,31-,32+,33-/m1/s1. The van der Waals surface area contributed by atoms with Crippen LogP contribution in [0.3, 0.4) is 0 Å². The Hall–Kier alpha value is -2.16. The van der Waals surface area contributed by atoms with Crippen LogP contribution in [0, 0.1) is 34.5 Å². The van der Waals surface area contributed by atoms with Gasteiger partial charge in [-0.2, -0.15) is 0 Å². The highest BCUT2D eigenvalue weighted by Gasteiger charge is 2.92. The minimum Gasteiger partial charge on any atom is -0.455 e. The van der Waals surface area contributed by atoms with Crippen molar-refractivity contribution in [3.63, 3.8) is 0 Å². The van der Waals surface area contributed by atoms with E-state index in [9.17, 15) is 30.0 Å². The first-order valence-corrected chi connectivity index (χ1v) is 16.0. The Bertz CT molecular complexity index is 1350. The SMILES string of the molecule is CCN1C[C@]2(COC)[C@H](O)C[C@H](O)[C@@]34[C@@H]5C[C@@]6(O)[C@H](OC(=O)c7ccccc7)[C@@H]5[C@@](OC(C)=O)([C@@H]([C@H](OC)[C@H]23)[C@@H]14)[C@@H](O)[C@@H]6OC. The number of ether oxygens (including phenoxy) is 5. The number of aliphatic hydroxyl groups is 4. The van der Waals surface area contributed by atoms with Crippen molar-refractivity contribution in [1.29, 1.82) is 0 Å². The highest BCUT2D eigenvalue weighted by Crippen LogP contribution is 2.80. The van der Waals surface area contributed by atoms with E-state index in [1.54, 1.807) is 44.6 Å². The van der Waals surface area contributed by atoms with Crippen molar-refractivity contribution >= 4 is 11.9 Å². The molecule has 6 fully saturated rings. The summed E-state index contributed by atoms with van der Waals surface area (Å²) in [6.45, 7) is 4.42. The van der Waals surface area contributed by atoms with Crippen LogP contribution in [0.4, 0.5) is 0 Å². The van der Waals surface area contributed by atoms with E-state index < -0.39 is 100 Å². The Morgan fingerprint density at radius 1 is 1.00 bits per heavy atom. The minimum atomic E-state index is -1.88. The molecule has 4 N–H and O–H groups in total. The molecule has 7 bridgehead atoms. The average molecular weight is 632 g/mol. The van der Waals surface area contributed by atoms with Gasteiger partial charge in [-0.1, -0.05) is 25.1 Å². The van der Waals surface area contributed by atoms with Crippen molar-refractivity contribution in [3.8, 4) is 0 Å². The van der Waals surface area contributed by atoms with Gasteiger partial charge in [-0.3, -0.25) is 9.69 Å². The van der Waals surface area contributed by atoms with Crippen LogP contribution in [-0.2, 0) is 28.5 Å². The lowest BCUT2D eigenvalue weighted by molar-refractivity contribution is -0.321. The number of carbonyl (C=O) groups excluding carboxylic acids is 2. The van der Waals surface area contributed by atoms with Crippen molar-refractivity contribution in [2.75, 3.05) is 41.0 Å². The number of hydrogen-bond donors (Lipinski definition) is 4. The van der Waals surface area contributed by atoms with Gasteiger partial charge in [0, 0.05) is 75.8 Å². The second kappa shape index (κ2) is 10.4. The molecule has 1 heterocycles. The summed E-state index contributed by atoms with van der Waals surface area (Å²) in [5, 5.41) is 49.2. The van der Waals surface area contributed by atoms with Crippen LogP contribution < -0.4 is 0 Å². The van der Waals surface area contributed by atoms with Crippen LogP contribution >= 0.6 is 0 Å². The molecule has 1 aliphatic heterocycles. The molecule has 1 aromatic carbocycles. The van der Waals surface area contributed by atoms with E-state index in [1.165, 1.54) is 14.0 Å². The van der Waals surface area contributed by atoms with Gasteiger partial charge in [-0.25, -0.2) is 4.79 Å². The number of esters is 2. The molecule has 7 rings (SSSR count). The van der Waals surface area contributed by atoms with Crippen molar-refractivity contribution < 1.29 is 53.7 Å². The summed E-state index contributed by atoms with van der Waals surface area (Å²) >= 11 is 0. The summed E-state index contributed by atoms with van der Waals surface area (Å²) < 4.78 is 30.7. The van der Waals surface area contributed by atoms with Gasteiger partial charge >= 0.3 is 11.9 Å². The van der Waals surface area contributed by atoms with Crippen LogP contribution in [0.15, 0.2) is 30.3 Å². The first-order valence-electron chi connectivity index (χ1n) is 16.0. The molecule has 248 valence electrons. The van der Waals surface area contributed by atoms with E-state index in [0.29, 0.717) is 13.1 Å². The molecule has 0 amide bonds. The van der Waals surface area contributed by atoms with Crippen molar-refractivity contribution in [1.82, 2.24) is 4.90 Å². The maximum absolute atomic E-state index is 13.7. The van der Waals surface area contributed by atoms with Crippen LogP contribution in [0.5, 0.6) is 0 Å². The topological polar surface area (TPSA) is 164 Å². The predicted molar refractivity (Wildman–Crippen MR) is 156 cm³/mol. The fourth-order valence-electron chi connectivity index (χ4n) is 12.0. The summed E-state index contributed by atoms with van der Waals surface area (Å²) in [6, 6.07) is 7.95. The van der Waals surface area contributed by atoms with Crippen molar-refractivity contribution in [2.45, 2.75) is 80.6 Å². The molecule has 5 saturated carbocycles. The molecular weight excluding hydrogens is 586 g/mol. The Balaban J connectivity index is 1.52. The van der Waals surface area contributed by atoms with E-state index >= 15 is 0 Å². The third kappa shape index (κ3) is 3.55. The minimum absolute atomic E-state index is 0.00703. The molecule has 1 spiro atoms.